The van der Waals surface area contributed by atoms with E-state index in [0.29, 0.717) is 0 Å². The predicted octanol–water partition coefficient (Wildman–Crippen LogP) is 4.66. The molecule has 3 heteroatoms. The first kappa shape index (κ1) is 15.4. The Morgan fingerprint density at radius 2 is 1.64 bits per heavy atom. The molecule has 1 N–H and O–H groups in total. The number of hydrogen-bond acceptors (Lipinski definition) is 2. The number of hydrogen-bond donors (Lipinski definition) is 1. The van der Waals surface area contributed by atoms with Crippen molar-refractivity contribution in [1.29, 1.82) is 0 Å². The Hall–Kier alpha value is -1.51. The van der Waals surface area contributed by atoms with Gasteiger partial charge in [-0.2, -0.15) is 0 Å². The summed E-state index contributed by atoms with van der Waals surface area (Å²) in [7, 11) is 0. The second kappa shape index (κ2) is 7.66. The van der Waals surface area contributed by atoms with Gasteiger partial charge >= 0.3 is 0 Å². The van der Waals surface area contributed by atoms with Gasteiger partial charge in [-0.1, -0.05) is 54.1 Å². The van der Waals surface area contributed by atoms with Crippen LogP contribution in [0.25, 0.3) is 0 Å². The number of likely N-dealkylation sites (tertiary alicyclic amines) is 1. The molecule has 0 atom stereocenters. The third-order valence-electron chi connectivity index (χ3n) is 4.41. The number of para-hydroxylation sites is 1. The molecule has 0 aliphatic carbocycles. The highest BCUT2D eigenvalue weighted by Gasteiger charge is 2.19. The molecule has 1 heterocycles. The summed E-state index contributed by atoms with van der Waals surface area (Å²) in [5.74, 6) is 0.739. The van der Waals surface area contributed by atoms with E-state index in [4.69, 9.17) is 11.6 Å². The van der Waals surface area contributed by atoms with E-state index in [1.165, 1.54) is 31.5 Å². The molecule has 1 aliphatic heterocycles. The number of anilines is 1. The van der Waals surface area contributed by atoms with Gasteiger partial charge in [0.25, 0.3) is 0 Å². The fraction of sp³-hybridized carbons (Fsp3) is 0.368. The topological polar surface area (TPSA) is 15.3 Å². The van der Waals surface area contributed by atoms with Crippen molar-refractivity contribution in [3.63, 3.8) is 0 Å². The lowest BCUT2D eigenvalue weighted by Gasteiger charge is -2.32. The molecule has 116 valence electrons. The largest absolute Gasteiger partial charge is 0.384 e. The van der Waals surface area contributed by atoms with Crippen LogP contribution < -0.4 is 5.32 Å². The van der Waals surface area contributed by atoms with Crippen molar-refractivity contribution in [3.05, 3.63) is 65.2 Å². The zero-order chi connectivity index (χ0) is 15.2. The quantitative estimate of drug-likeness (QED) is 0.863. The van der Waals surface area contributed by atoms with E-state index in [0.717, 1.165) is 29.7 Å². The fourth-order valence-electron chi connectivity index (χ4n) is 3.05. The normalized spacial score (nSPS) is 16.6. The van der Waals surface area contributed by atoms with Gasteiger partial charge in [0.15, 0.2) is 0 Å². The zero-order valence-electron chi connectivity index (χ0n) is 12.8. The molecular weight excluding hydrogens is 292 g/mol. The standard InChI is InChI=1S/C19H23ClN2/c20-18-8-4-5-9-19(18)21-14-16-10-12-22(13-11-16)15-17-6-2-1-3-7-17/h1-9,16,21H,10-15H2. The molecule has 2 aromatic rings. The molecule has 22 heavy (non-hydrogen) atoms. The van der Waals surface area contributed by atoms with E-state index < -0.39 is 0 Å². The third-order valence-corrected chi connectivity index (χ3v) is 4.74. The van der Waals surface area contributed by atoms with Crippen LogP contribution in [0.2, 0.25) is 5.02 Å². The Kier molecular flexibility index (Phi) is 5.36. The van der Waals surface area contributed by atoms with Gasteiger partial charge in [0.1, 0.15) is 0 Å². The van der Waals surface area contributed by atoms with E-state index in [-0.39, 0.29) is 0 Å². The molecule has 0 spiro atoms. The molecule has 0 amide bonds. The lowest BCUT2D eigenvalue weighted by molar-refractivity contribution is 0.182. The van der Waals surface area contributed by atoms with E-state index in [1.807, 2.05) is 24.3 Å². The van der Waals surface area contributed by atoms with E-state index >= 15 is 0 Å². The molecule has 0 saturated carbocycles. The number of nitrogens with zero attached hydrogens (tertiary/aromatic N) is 1. The summed E-state index contributed by atoms with van der Waals surface area (Å²) in [6.45, 7) is 4.46. The maximum atomic E-state index is 6.18. The molecule has 1 aliphatic rings. The minimum Gasteiger partial charge on any atom is -0.384 e. The lowest BCUT2D eigenvalue weighted by atomic mass is 9.96. The molecule has 1 saturated heterocycles. The first-order chi connectivity index (χ1) is 10.8. The number of piperidine rings is 1. The Morgan fingerprint density at radius 1 is 0.955 bits per heavy atom. The van der Waals surface area contributed by atoms with Crippen molar-refractivity contribution < 1.29 is 0 Å². The molecule has 2 nitrogen and oxygen atoms in total. The average molecular weight is 315 g/mol. The van der Waals surface area contributed by atoms with Crippen molar-refractivity contribution in [2.75, 3.05) is 25.0 Å². The number of benzene rings is 2. The highest BCUT2D eigenvalue weighted by Crippen LogP contribution is 2.23. The van der Waals surface area contributed by atoms with Crippen LogP contribution in [-0.2, 0) is 6.54 Å². The SMILES string of the molecule is Clc1ccccc1NCC1CCN(Cc2ccccc2)CC1. The van der Waals surface area contributed by atoms with Crippen LogP contribution in [0.1, 0.15) is 18.4 Å². The van der Waals surface area contributed by atoms with Gasteiger partial charge in [0, 0.05) is 13.1 Å². The zero-order valence-corrected chi connectivity index (χ0v) is 13.6. The smallest absolute Gasteiger partial charge is 0.0637 e. The average Bonchev–Trinajstić information content (AvgIpc) is 2.56. The van der Waals surface area contributed by atoms with Gasteiger partial charge in [0.05, 0.1) is 10.7 Å². The van der Waals surface area contributed by atoms with Crippen molar-refractivity contribution in [3.8, 4) is 0 Å². The molecule has 0 aromatic heterocycles. The monoisotopic (exact) mass is 314 g/mol. The van der Waals surface area contributed by atoms with Crippen molar-refractivity contribution >= 4 is 17.3 Å². The summed E-state index contributed by atoms with van der Waals surface area (Å²) in [5, 5.41) is 4.31. The molecule has 0 bridgehead atoms. The minimum atomic E-state index is 0.739. The van der Waals surface area contributed by atoms with Crippen LogP contribution in [0.15, 0.2) is 54.6 Å². The molecule has 0 radical (unpaired) electrons. The maximum Gasteiger partial charge on any atom is 0.0637 e. The molecule has 2 aromatic carbocycles. The van der Waals surface area contributed by atoms with Crippen LogP contribution in [-0.4, -0.2) is 24.5 Å². The van der Waals surface area contributed by atoms with Gasteiger partial charge in [-0.3, -0.25) is 4.90 Å². The number of halogens is 1. The Balaban J connectivity index is 1.43. The Morgan fingerprint density at radius 3 is 2.36 bits per heavy atom. The summed E-state index contributed by atoms with van der Waals surface area (Å²) < 4.78 is 0. The molecule has 3 rings (SSSR count). The van der Waals surface area contributed by atoms with Crippen LogP contribution in [0.3, 0.4) is 0 Å². The molecular formula is C19H23ClN2. The second-order valence-electron chi connectivity index (χ2n) is 6.07. The summed E-state index contributed by atoms with van der Waals surface area (Å²) in [6, 6.07) is 18.7. The summed E-state index contributed by atoms with van der Waals surface area (Å²) >= 11 is 6.18. The van der Waals surface area contributed by atoms with Crippen LogP contribution >= 0.6 is 11.6 Å². The van der Waals surface area contributed by atoms with Crippen molar-refractivity contribution in [1.82, 2.24) is 4.90 Å². The van der Waals surface area contributed by atoms with Gasteiger partial charge in [-0.15, -0.1) is 0 Å². The van der Waals surface area contributed by atoms with E-state index in [1.54, 1.807) is 0 Å². The molecule has 0 unspecified atom stereocenters. The fourth-order valence-corrected chi connectivity index (χ4v) is 3.25. The Bertz CT molecular complexity index is 577. The van der Waals surface area contributed by atoms with Gasteiger partial charge < -0.3 is 5.32 Å². The summed E-state index contributed by atoms with van der Waals surface area (Å²) in [4.78, 5) is 2.56. The predicted molar refractivity (Wildman–Crippen MR) is 94.4 cm³/mol. The maximum absolute atomic E-state index is 6.18. The minimum absolute atomic E-state index is 0.739. The highest BCUT2D eigenvalue weighted by atomic mass is 35.5. The van der Waals surface area contributed by atoms with Crippen molar-refractivity contribution in [2.24, 2.45) is 5.92 Å². The summed E-state index contributed by atoms with van der Waals surface area (Å²) in [5.41, 5.74) is 2.46. The highest BCUT2D eigenvalue weighted by molar-refractivity contribution is 6.33. The number of nitrogens with one attached hydrogen (secondary N) is 1. The summed E-state index contributed by atoms with van der Waals surface area (Å²) in [6.07, 6.45) is 2.51. The third kappa shape index (κ3) is 4.25. The van der Waals surface area contributed by atoms with Gasteiger partial charge in [-0.25, -0.2) is 0 Å². The van der Waals surface area contributed by atoms with Crippen LogP contribution in [0.5, 0.6) is 0 Å². The van der Waals surface area contributed by atoms with E-state index in [9.17, 15) is 0 Å². The van der Waals surface area contributed by atoms with Gasteiger partial charge in [0.2, 0.25) is 0 Å². The first-order valence-electron chi connectivity index (χ1n) is 8.06. The molecule has 1 fully saturated rings. The number of rotatable bonds is 5. The second-order valence-corrected chi connectivity index (χ2v) is 6.47. The van der Waals surface area contributed by atoms with Crippen molar-refractivity contribution in [2.45, 2.75) is 19.4 Å². The first-order valence-corrected chi connectivity index (χ1v) is 8.44. The lowest BCUT2D eigenvalue weighted by Crippen LogP contribution is -2.35. The van der Waals surface area contributed by atoms with E-state index in [2.05, 4.69) is 40.5 Å². The van der Waals surface area contributed by atoms with Gasteiger partial charge in [-0.05, 0) is 49.5 Å². The Labute approximate surface area is 138 Å². The van der Waals surface area contributed by atoms with Crippen LogP contribution in [0, 0.1) is 5.92 Å². The van der Waals surface area contributed by atoms with Crippen LogP contribution in [0.4, 0.5) is 5.69 Å².